The molecular formula is C17H17N5O2S. The van der Waals surface area contributed by atoms with Gasteiger partial charge in [-0.1, -0.05) is 25.7 Å². The van der Waals surface area contributed by atoms with Gasteiger partial charge in [-0.2, -0.15) is 0 Å². The molecule has 3 aromatic rings. The molecule has 1 fully saturated rings. The minimum absolute atomic E-state index is 0.177. The molecule has 2 amide bonds. The number of carbonyl (C=O) groups is 1. The van der Waals surface area contributed by atoms with Crippen LogP contribution in [0, 0.1) is 0 Å². The Kier molecular flexibility index (Phi) is 4.27. The van der Waals surface area contributed by atoms with E-state index in [4.69, 9.17) is 4.42 Å². The van der Waals surface area contributed by atoms with Crippen molar-refractivity contribution in [1.29, 1.82) is 0 Å². The number of rotatable bonds is 3. The Hall–Kier alpha value is -2.61. The van der Waals surface area contributed by atoms with E-state index in [0.29, 0.717) is 22.7 Å². The Morgan fingerprint density at radius 1 is 1.24 bits per heavy atom. The summed E-state index contributed by atoms with van der Waals surface area (Å²) in [6.07, 6.45) is 9.09. The molecule has 8 heteroatoms. The lowest BCUT2D eigenvalue weighted by Gasteiger charge is -2.22. The number of urea groups is 1. The summed E-state index contributed by atoms with van der Waals surface area (Å²) in [7, 11) is 0. The molecule has 3 heterocycles. The van der Waals surface area contributed by atoms with E-state index >= 15 is 0 Å². The molecule has 3 aromatic heterocycles. The quantitative estimate of drug-likeness (QED) is 0.696. The number of hydrogen-bond donors (Lipinski definition) is 2. The topological polar surface area (TPSA) is 84.2 Å². The number of amides is 2. The number of pyridine rings is 1. The highest BCUT2D eigenvalue weighted by Gasteiger charge is 2.24. The standard InChI is InChI=1S/C17H17N5O2S/c23-17(22(25)12-3-1-2-4-12)21-15-6-5-13-16(20-15)19-14(9-18-13)11-7-8-24-10-11/h5-10,12,25H,1-4H2,(H,19,20,21,23). The first-order valence-electron chi connectivity index (χ1n) is 8.16. The number of furan rings is 1. The molecular weight excluding hydrogens is 338 g/mol. The van der Waals surface area contributed by atoms with Crippen LogP contribution in [0.15, 0.2) is 41.3 Å². The maximum absolute atomic E-state index is 12.3. The second-order valence-corrected chi connectivity index (χ2v) is 6.45. The zero-order chi connectivity index (χ0) is 17.2. The molecule has 0 spiro atoms. The number of anilines is 1. The zero-order valence-electron chi connectivity index (χ0n) is 13.4. The fourth-order valence-corrected chi connectivity index (χ4v) is 3.28. The fraction of sp³-hybridized carbons (Fsp3) is 0.294. The van der Waals surface area contributed by atoms with E-state index in [-0.39, 0.29) is 12.1 Å². The summed E-state index contributed by atoms with van der Waals surface area (Å²) < 4.78 is 6.54. The van der Waals surface area contributed by atoms with Crippen molar-refractivity contribution >= 4 is 35.8 Å². The van der Waals surface area contributed by atoms with Gasteiger partial charge in [0, 0.05) is 11.6 Å². The minimum Gasteiger partial charge on any atom is -0.472 e. The van der Waals surface area contributed by atoms with Crippen molar-refractivity contribution in [2.75, 3.05) is 5.32 Å². The van der Waals surface area contributed by atoms with Crippen LogP contribution in [-0.4, -0.2) is 31.3 Å². The molecule has 1 aliphatic rings. The Balaban J connectivity index is 1.56. The first kappa shape index (κ1) is 15.9. The van der Waals surface area contributed by atoms with E-state index < -0.39 is 0 Å². The summed E-state index contributed by atoms with van der Waals surface area (Å²) in [6.45, 7) is 0. The van der Waals surface area contributed by atoms with E-state index in [1.54, 1.807) is 30.9 Å². The molecule has 0 aliphatic heterocycles. The maximum Gasteiger partial charge on any atom is 0.333 e. The molecule has 1 saturated carbocycles. The molecule has 1 aliphatic carbocycles. The van der Waals surface area contributed by atoms with Gasteiger partial charge in [0.15, 0.2) is 5.65 Å². The van der Waals surface area contributed by atoms with Gasteiger partial charge in [0.2, 0.25) is 0 Å². The first-order chi connectivity index (χ1) is 12.2. The molecule has 25 heavy (non-hydrogen) atoms. The van der Waals surface area contributed by atoms with Crippen molar-refractivity contribution in [2.45, 2.75) is 31.7 Å². The van der Waals surface area contributed by atoms with Gasteiger partial charge in [-0.3, -0.25) is 14.6 Å². The smallest absolute Gasteiger partial charge is 0.333 e. The largest absolute Gasteiger partial charge is 0.472 e. The first-order valence-corrected chi connectivity index (χ1v) is 8.56. The average molecular weight is 355 g/mol. The fourth-order valence-electron chi connectivity index (χ4n) is 3.00. The van der Waals surface area contributed by atoms with Crippen molar-refractivity contribution in [1.82, 2.24) is 19.3 Å². The highest BCUT2D eigenvalue weighted by Crippen LogP contribution is 2.25. The number of aromatic nitrogens is 3. The van der Waals surface area contributed by atoms with Gasteiger partial charge in [-0.05, 0) is 31.0 Å². The summed E-state index contributed by atoms with van der Waals surface area (Å²) in [6, 6.07) is 5.20. The van der Waals surface area contributed by atoms with E-state index in [1.165, 1.54) is 4.31 Å². The Labute approximate surface area is 150 Å². The number of thiol groups is 1. The summed E-state index contributed by atoms with van der Waals surface area (Å²) in [5.74, 6) is 0.424. The second kappa shape index (κ2) is 6.72. The van der Waals surface area contributed by atoms with Crippen LogP contribution in [0.4, 0.5) is 10.6 Å². The predicted octanol–water partition coefficient (Wildman–Crippen LogP) is 3.91. The van der Waals surface area contributed by atoms with Crippen LogP contribution in [0.2, 0.25) is 0 Å². The molecule has 0 atom stereocenters. The predicted molar refractivity (Wildman–Crippen MR) is 97.1 cm³/mol. The van der Waals surface area contributed by atoms with Crippen molar-refractivity contribution in [2.24, 2.45) is 0 Å². The van der Waals surface area contributed by atoms with E-state index in [9.17, 15) is 4.79 Å². The Morgan fingerprint density at radius 3 is 2.84 bits per heavy atom. The highest BCUT2D eigenvalue weighted by atomic mass is 32.1. The number of carbonyl (C=O) groups excluding carboxylic acids is 1. The summed E-state index contributed by atoms with van der Waals surface area (Å²) in [4.78, 5) is 25.6. The minimum atomic E-state index is -0.277. The normalized spacial score (nSPS) is 14.8. The molecule has 1 N–H and O–H groups in total. The van der Waals surface area contributed by atoms with Gasteiger partial charge in [0.1, 0.15) is 11.3 Å². The molecule has 0 bridgehead atoms. The lowest BCUT2D eigenvalue weighted by Crippen LogP contribution is -2.34. The van der Waals surface area contributed by atoms with Gasteiger partial charge in [0.25, 0.3) is 0 Å². The van der Waals surface area contributed by atoms with Crippen LogP contribution >= 0.6 is 12.8 Å². The third kappa shape index (κ3) is 3.30. The van der Waals surface area contributed by atoms with Crippen LogP contribution in [-0.2, 0) is 0 Å². The van der Waals surface area contributed by atoms with E-state index in [1.807, 2.05) is 6.07 Å². The molecule has 128 valence electrons. The maximum atomic E-state index is 12.3. The van der Waals surface area contributed by atoms with Gasteiger partial charge in [-0.25, -0.2) is 14.8 Å². The third-order valence-electron chi connectivity index (χ3n) is 4.34. The summed E-state index contributed by atoms with van der Waals surface area (Å²) >= 11 is 4.34. The molecule has 0 aromatic carbocycles. The SMILES string of the molecule is O=C(Nc1ccc2ncc(-c3ccoc3)nc2n1)N(S)C1CCCC1. The Morgan fingerprint density at radius 2 is 2.08 bits per heavy atom. The molecule has 0 unspecified atom stereocenters. The number of hydrogen-bond acceptors (Lipinski definition) is 6. The van der Waals surface area contributed by atoms with E-state index in [2.05, 4.69) is 33.1 Å². The van der Waals surface area contributed by atoms with Gasteiger partial charge >= 0.3 is 6.03 Å². The van der Waals surface area contributed by atoms with Crippen molar-refractivity contribution in [3.63, 3.8) is 0 Å². The second-order valence-electron chi connectivity index (χ2n) is 6.02. The number of fused-ring (bicyclic) bond motifs is 1. The van der Waals surface area contributed by atoms with Crippen LogP contribution in [0.3, 0.4) is 0 Å². The summed E-state index contributed by atoms with van der Waals surface area (Å²) in [5.41, 5.74) is 2.61. The lowest BCUT2D eigenvalue weighted by molar-refractivity contribution is 0.230. The van der Waals surface area contributed by atoms with Crippen molar-refractivity contribution in [3.05, 3.63) is 36.9 Å². The van der Waals surface area contributed by atoms with Crippen LogP contribution in [0.1, 0.15) is 25.7 Å². The average Bonchev–Trinajstić information content (AvgIpc) is 3.34. The molecule has 7 nitrogen and oxygen atoms in total. The van der Waals surface area contributed by atoms with Crippen LogP contribution < -0.4 is 5.32 Å². The van der Waals surface area contributed by atoms with Crippen LogP contribution in [0.25, 0.3) is 22.4 Å². The summed E-state index contributed by atoms with van der Waals surface area (Å²) in [5, 5.41) is 2.78. The Bertz CT molecular complexity index is 893. The number of nitrogens with one attached hydrogen (secondary N) is 1. The molecule has 0 radical (unpaired) electrons. The van der Waals surface area contributed by atoms with Gasteiger partial charge in [0.05, 0.1) is 24.4 Å². The van der Waals surface area contributed by atoms with Crippen molar-refractivity contribution in [3.8, 4) is 11.3 Å². The zero-order valence-corrected chi connectivity index (χ0v) is 14.3. The van der Waals surface area contributed by atoms with Crippen molar-refractivity contribution < 1.29 is 9.21 Å². The van der Waals surface area contributed by atoms with E-state index in [0.717, 1.165) is 31.2 Å². The molecule has 0 saturated heterocycles. The molecule has 4 rings (SSSR count). The number of nitrogens with zero attached hydrogens (tertiary/aromatic N) is 4. The van der Waals surface area contributed by atoms with Gasteiger partial charge in [-0.15, -0.1) is 0 Å². The lowest BCUT2D eigenvalue weighted by atomic mass is 10.2. The van der Waals surface area contributed by atoms with Gasteiger partial charge < -0.3 is 4.42 Å². The third-order valence-corrected chi connectivity index (χ3v) is 4.85. The highest BCUT2D eigenvalue weighted by molar-refractivity contribution is 7.78. The monoisotopic (exact) mass is 355 g/mol. The van der Waals surface area contributed by atoms with Crippen LogP contribution in [0.5, 0.6) is 0 Å².